The molecule has 4 heteroatoms. The third kappa shape index (κ3) is 3.20. The van der Waals surface area contributed by atoms with E-state index in [1.54, 1.807) is 0 Å². The van der Waals surface area contributed by atoms with Crippen LogP contribution in [-0.2, 0) is 6.42 Å². The molecule has 0 aliphatic carbocycles. The highest BCUT2D eigenvalue weighted by atomic mass is 16.5. The predicted molar refractivity (Wildman–Crippen MR) is 80.0 cm³/mol. The third-order valence-electron chi connectivity index (χ3n) is 4.78. The quantitative estimate of drug-likeness (QED) is 0.899. The minimum Gasteiger partial charge on any atom is -0.491 e. The number of piperidine rings is 3. The maximum atomic E-state index is 10.8. The van der Waals surface area contributed by atoms with E-state index in [4.69, 9.17) is 10.00 Å². The van der Waals surface area contributed by atoms with Crippen LogP contribution in [0, 0.1) is 17.2 Å². The maximum Gasteiger partial charge on any atom is 0.119 e. The van der Waals surface area contributed by atoms with Gasteiger partial charge in [0.1, 0.15) is 18.0 Å². The van der Waals surface area contributed by atoms with Crippen molar-refractivity contribution in [3.8, 4) is 11.8 Å². The van der Waals surface area contributed by atoms with Crippen LogP contribution >= 0.6 is 0 Å². The topological polar surface area (TPSA) is 56.5 Å². The Bertz CT molecular complexity index is 515. The van der Waals surface area contributed by atoms with Crippen LogP contribution in [0.2, 0.25) is 0 Å². The van der Waals surface area contributed by atoms with Gasteiger partial charge in [0, 0.05) is 13.0 Å². The fourth-order valence-electron chi connectivity index (χ4n) is 3.47. The Balaban J connectivity index is 1.56. The van der Waals surface area contributed by atoms with Gasteiger partial charge < -0.3 is 14.7 Å². The van der Waals surface area contributed by atoms with Crippen molar-refractivity contribution >= 4 is 0 Å². The molecule has 3 aliphatic heterocycles. The molecule has 0 amide bonds. The summed E-state index contributed by atoms with van der Waals surface area (Å²) in [6.07, 6.45) is 3.47. The zero-order valence-electron chi connectivity index (χ0n) is 12.3. The van der Waals surface area contributed by atoms with E-state index in [1.807, 2.05) is 24.3 Å². The molecule has 1 atom stereocenters. The number of ether oxygens (including phenoxy) is 1. The van der Waals surface area contributed by atoms with Crippen LogP contribution in [0.25, 0.3) is 0 Å². The van der Waals surface area contributed by atoms with Crippen molar-refractivity contribution in [2.45, 2.75) is 31.3 Å². The first-order valence-corrected chi connectivity index (χ1v) is 7.73. The number of benzene rings is 1. The summed E-state index contributed by atoms with van der Waals surface area (Å²) in [5.74, 6) is 1.16. The molecule has 1 N–H and O–H groups in total. The Labute approximate surface area is 125 Å². The monoisotopic (exact) mass is 286 g/mol. The highest BCUT2D eigenvalue weighted by Crippen LogP contribution is 2.36. The van der Waals surface area contributed by atoms with Crippen LogP contribution < -0.4 is 4.74 Å². The Morgan fingerprint density at radius 3 is 2.57 bits per heavy atom. The Hall–Kier alpha value is -1.57. The van der Waals surface area contributed by atoms with Crippen molar-refractivity contribution in [3.63, 3.8) is 0 Å². The number of aliphatic hydroxyl groups is 1. The largest absolute Gasteiger partial charge is 0.491 e. The molecule has 1 aromatic carbocycles. The van der Waals surface area contributed by atoms with Crippen LogP contribution in [0.5, 0.6) is 5.75 Å². The Morgan fingerprint density at radius 2 is 2.00 bits per heavy atom. The molecule has 1 aromatic rings. The van der Waals surface area contributed by atoms with E-state index < -0.39 is 5.60 Å². The van der Waals surface area contributed by atoms with Gasteiger partial charge in [-0.1, -0.05) is 12.1 Å². The molecule has 112 valence electrons. The van der Waals surface area contributed by atoms with Crippen molar-refractivity contribution < 1.29 is 9.84 Å². The average Bonchev–Trinajstić information content (AvgIpc) is 2.53. The lowest BCUT2D eigenvalue weighted by atomic mass is 9.76. The first-order valence-electron chi connectivity index (χ1n) is 7.73. The van der Waals surface area contributed by atoms with E-state index in [-0.39, 0.29) is 0 Å². The molecule has 4 rings (SSSR count). The molecule has 0 spiro atoms. The second kappa shape index (κ2) is 6.05. The van der Waals surface area contributed by atoms with Crippen molar-refractivity contribution in [2.24, 2.45) is 5.92 Å². The summed E-state index contributed by atoms with van der Waals surface area (Å²) in [6, 6.07) is 9.99. The second-order valence-electron chi connectivity index (χ2n) is 6.24. The zero-order chi connectivity index (χ0) is 14.7. The van der Waals surface area contributed by atoms with E-state index in [9.17, 15) is 5.11 Å². The molecule has 3 heterocycles. The summed E-state index contributed by atoms with van der Waals surface area (Å²) in [7, 11) is 0. The number of hydrogen-bond donors (Lipinski definition) is 1. The molecule has 0 radical (unpaired) electrons. The molecular formula is C17H22N2O2. The molecule has 4 nitrogen and oxygen atoms in total. The number of nitrogens with zero attached hydrogens (tertiary/aromatic N) is 2. The number of aryl methyl sites for hydroxylation is 1. The summed E-state index contributed by atoms with van der Waals surface area (Å²) in [6.45, 7) is 3.32. The lowest BCUT2D eigenvalue weighted by molar-refractivity contribution is -0.131. The maximum absolute atomic E-state index is 10.8. The number of fused-ring (bicyclic) bond motifs is 3. The number of hydrogen-bond acceptors (Lipinski definition) is 4. The van der Waals surface area contributed by atoms with E-state index in [0.717, 1.165) is 50.2 Å². The van der Waals surface area contributed by atoms with Crippen LogP contribution in [0.15, 0.2) is 24.3 Å². The van der Waals surface area contributed by atoms with Crippen LogP contribution in [0.3, 0.4) is 0 Å². The van der Waals surface area contributed by atoms with Crippen LogP contribution in [0.1, 0.15) is 24.8 Å². The lowest BCUT2D eigenvalue weighted by Crippen LogP contribution is -2.61. The van der Waals surface area contributed by atoms with Crippen LogP contribution in [0.4, 0.5) is 0 Å². The van der Waals surface area contributed by atoms with E-state index in [0.29, 0.717) is 18.9 Å². The SMILES string of the molecule is N#CCCc1ccc(OCC2(O)CN3CCC2CC3)cc1. The molecule has 0 saturated carbocycles. The van der Waals surface area contributed by atoms with Gasteiger partial charge in [0.15, 0.2) is 0 Å². The smallest absolute Gasteiger partial charge is 0.119 e. The Kier molecular flexibility index (Phi) is 4.14. The summed E-state index contributed by atoms with van der Waals surface area (Å²) in [4.78, 5) is 2.33. The summed E-state index contributed by atoms with van der Waals surface area (Å²) in [5, 5.41) is 19.4. The molecule has 3 fully saturated rings. The minimum absolute atomic E-state index is 0.367. The van der Waals surface area contributed by atoms with E-state index in [2.05, 4.69) is 11.0 Å². The molecule has 0 aromatic heterocycles. The van der Waals surface area contributed by atoms with Crippen molar-refractivity contribution in [1.29, 1.82) is 5.26 Å². The van der Waals surface area contributed by atoms with Gasteiger partial charge in [0.25, 0.3) is 0 Å². The van der Waals surface area contributed by atoms with Gasteiger partial charge in [0.05, 0.1) is 6.07 Å². The van der Waals surface area contributed by atoms with Crippen molar-refractivity contribution in [2.75, 3.05) is 26.2 Å². The molecule has 3 saturated heterocycles. The highest BCUT2D eigenvalue weighted by molar-refractivity contribution is 5.27. The molecule has 2 bridgehead atoms. The van der Waals surface area contributed by atoms with Gasteiger partial charge in [-0.25, -0.2) is 0 Å². The first-order chi connectivity index (χ1) is 10.2. The summed E-state index contributed by atoms with van der Waals surface area (Å²) < 4.78 is 5.82. The van der Waals surface area contributed by atoms with Crippen molar-refractivity contribution in [3.05, 3.63) is 29.8 Å². The summed E-state index contributed by atoms with van der Waals surface area (Å²) >= 11 is 0. The standard InChI is InChI=1S/C17H22N2O2/c18-9-1-2-14-3-5-16(6-4-14)21-13-17(20)12-19-10-7-15(17)8-11-19/h3-6,15,20H,1-2,7-8,10-13H2. The summed E-state index contributed by atoms with van der Waals surface area (Å²) in [5.41, 5.74) is 0.445. The zero-order valence-corrected chi connectivity index (χ0v) is 12.3. The molecular weight excluding hydrogens is 264 g/mol. The van der Waals surface area contributed by atoms with Gasteiger partial charge in [-0.3, -0.25) is 0 Å². The molecule has 1 unspecified atom stereocenters. The fourth-order valence-corrected chi connectivity index (χ4v) is 3.47. The first kappa shape index (κ1) is 14.4. The van der Waals surface area contributed by atoms with E-state index in [1.165, 1.54) is 0 Å². The Morgan fingerprint density at radius 1 is 1.29 bits per heavy atom. The molecule has 21 heavy (non-hydrogen) atoms. The molecule has 3 aliphatic rings. The van der Waals surface area contributed by atoms with Gasteiger partial charge in [0.2, 0.25) is 0 Å². The van der Waals surface area contributed by atoms with Crippen LogP contribution in [-0.4, -0.2) is 41.8 Å². The third-order valence-corrected chi connectivity index (χ3v) is 4.78. The predicted octanol–water partition coefficient (Wildman–Crippen LogP) is 1.98. The number of nitriles is 1. The van der Waals surface area contributed by atoms with Gasteiger partial charge in [-0.15, -0.1) is 0 Å². The van der Waals surface area contributed by atoms with Gasteiger partial charge in [-0.05, 0) is 56.0 Å². The average molecular weight is 286 g/mol. The van der Waals surface area contributed by atoms with Gasteiger partial charge >= 0.3 is 0 Å². The second-order valence-corrected chi connectivity index (χ2v) is 6.24. The fraction of sp³-hybridized carbons (Fsp3) is 0.588. The van der Waals surface area contributed by atoms with Crippen molar-refractivity contribution in [1.82, 2.24) is 4.90 Å². The van der Waals surface area contributed by atoms with Gasteiger partial charge in [-0.2, -0.15) is 5.26 Å². The minimum atomic E-state index is -0.698. The normalized spacial score (nSPS) is 30.9. The van der Waals surface area contributed by atoms with E-state index >= 15 is 0 Å². The lowest BCUT2D eigenvalue weighted by Gasteiger charge is -2.50. The number of rotatable bonds is 5. The highest BCUT2D eigenvalue weighted by Gasteiger charge is 2.45.